The molecule has 1 atom stereocenters. The second kappa shape index (κ2) is 42.6. The fourth-order valence-electron chi connectivity index (χ4n) is 5.65. The molecule has 0 N–H and O–H groups in total. The van der Waals surface area contributed by atoms with E-state index in [9.17, 15) is 14.4 Å². The Hall–Kier alpha value is -3.15. The minimum Gasteiger partial charge on any atom is -0.462 e. The van der Waals surface area contributed by atoms with Gasteiger partial charge in [-0.2, -0.15) is 0 Å². The highest BCUT2D eigenvalue weighted by Gasteiger charge is 2.19. The Morgan fingerprint density at radius 3 is 1.15 bits per heavy atom. The molecule has 0 heterocycles. The van der Waals surface area contributed by atoms with Crippen molar-refractivity contribution in [1.82, 2.24) is 0 Å². The molecular formula is C48H80O6. The van der Waals surface area contributed by atoms with E-state index in [4.69, 9.17) is 14.2 Å². The monoisotopic (exact) mass is 753 g/mol. The van der Waals surface area contributed by atoms with Crippen LogP contribution in [0.1, 0.15) is 194 Å². The van der Waals surface area contributed by atoms with Gasteiger partial charge in [0.05, 0.1) is 0 Å². The summed E-state index contributed by atoms with van der Waals surface area (Å²) in [5.74, 6) is -0.955. The summed E-state index contributed by atoms with van der Waals surface area (Å²) in [5.41, 5.74) is 0. The van der Waals surface area contributed by atoms with Crippen LogP contribution in [0.5, 0.6) is 0 Å². The van der Waals surface area contributed by atoms with E-state index in [1.54, 1.807) is 0 Å². The van der Waals surface area contributed by atoms with Crippen molar-refractivity contribution in [3.05, 3.63) is 72.9 Å². The highest BCUT2D eigenvalue weighted by molar-refractivity contribution is 5.71. The van der Waals surface area contributed by atoms with E-state index in [0.29, 0.717) is 19.3 Å². The van der Waals surface area contributed by atoms with Gasteiger partial charge in [0.15, 0.2) is 6.10 Å². The highest BCUT2D eigenvalue weighted by atomic mass is 16.6. The number of hydrogen-bond donors (Lipinski definition) is 0. The van der Waals surface area contributed by atoms with Gasteiger partial charge in [0.25, 0.3) is 0 Å². The van der Waals surface area contributed by atoms with Gasteiger partial charge in [-0.15, -0.1) is 0 Å². The summed E-state index contributed by atoms with van der Waals surface area (Å²) < 4.78 is 16.6. The van der Waals surface area contributed by atoms with E-state index in [-0.39, 0.29) is 31.1 Å². The fraction of sp³-hybridized carbons (Fsp3) is 0.688. The SMILES string of the molecule is CC/C=C\C/C=C\C/C=C\CCCCCCC(=O)OCC(COC(=O)CCCCCC/C=C\CCCC)OC(=O)CCCCCCC/C=C\C/C=C\CC. The Kier molecular flexibility index (Phi) is 40.1. The summed E-state index contributed by atoms with van der Waals surface area (Å²) in [5, 5.41) is 0. The van der Waals surface area contributed by atoms with Gasteiger partial charge < -0.3 is 14.2 Å². The lowest BCUT2D eigenvalue weighted by Gasteiger charge is -2.18. The van der Waals surface area contributed by atoms with E-state index >= 15 is 0 Å². The first kappa shape index (κ1) is 50.9. The van der Waals surface area contributed by atoms with Crippen molar-refractivity contribution < 1.29 is 28.6 Å². The molecule has 0 aliphatic carbocycles. The van der Waals surface area contributed by atoms with Gasteiger partial charge in [-0.3, -0.25) is 14.4 Å². The smallest absolute Gasteiger partial charge is 0.306 e. The molecule has 54 heavy (non-hydrogen) atoms. The molecule has 0 aliphatic heterocycles. The summed E-state index contributed by atoms with van der Waals surface area (Å²) in [4.78, 5) is 37.6. The number of unbranched alkanes of at least 4 members (excludes halogenated alkanes) is 15. The summed E-state index contributed by atoms with van der Waals surface area (Å²) in [6.45, 7) is 6.30. The van der Waals surface area contributed by atoms with Crippen molar-refractivity contribution in [1.29, 1.82) is 0 Å². The average Bonchev–Trinajstić information content (AvgIpc) is 3.17. The van der Waals surface area contributed by atoms with Crippen LogP contribution < -0.4 is 0 Å². The average molecular weight is 753 g/mol. The first-order chi connectivity index (χ1) is 26.5. The van der Waals surface area contributed by atoms with Gasteiger partial charge in [0.1, 0.15) is 13.2 Å². The molecule has 0 aliphatic rings. The number of rotatable bonds is 38. The fourth-order valence-corrected chi connectivity index (χ4v) is 5.65. The molecule has 0 rings (SSSR count). The summed E-state index contributed by atoms with van der Waals surface area (Å²) >= 11 is 0. The Morgan fingerprint density at radius 2 is 0.722 bits per heavy atom. The van der Waals surface area contributed by atoms with Gasteiger partial charge >= 0.3 is 17.9 Å². The van der Waals surface area contributed by atoms with Crippen LogP contribution in [0, 0.1) is 0 Å². The number of esters is 3. The van der Waals surface area contributed by atoms with Gasteiger partial charge in [-0.1, -0.05) is 151 Å². The Labute approximate surface area is 332 Å². The molecule has 6 nitrogen and oxygen atoms in total. The predicted molar refractivity (Wildman–Crippen MR) is 228 cm³/mol. The van der Waals surface area contributed by atoms with E-state index in [1.165, 1.54) is 12.8 Å². The zero-order valence-electron chi connectivity index (χ0n) is 35.0. The summed E-state index contributed by atoms with van der Waals surface area (Å²) in [6, 6.07) is 0. The Bertz CT molecular complexity index is 1050. The first-order valence-electron chi connectivity index (χ1n) is 21.9. The molecule has 1 unspecified atom stereocenters. The maximum atomic E-state index is 12.7. The number of hydrogen-bond acceptors (Lipinski definition) is 6. The minimum absolute atomic E-state index is 0.0959. The number of carbonyl (C=O) groups excluding carboxylic acids is 3. The van der Waals surface area contributed by atoms with Crippen molar-refractivity contribution >= 4 is 17.9 Å². The van der Waals surface area contributed by atoms with Crippen LogP contribution in [0.15, 0.2) is 72.9 Å². The third-order valence-corrected chi connectivity index (χ3v) is 8.93. The molecule has 0 aromatic carbocycles. The van der Waals surface area contributed by atoms with E-state index in [0.717, 1.165) is 141 Å². The zero-order valence-corrected chi connectivity index (χ0v) is 35.0. The molecule has 0 saturated carbocycles. The second-order valence-electron chi connectivity index (χ2n) is 14.2. The molecule has 0 aromatic heterocycles. The normalized spacial score (nSPS) is 12.7. The molecular weight excluding hydrogens is 673 g/mol. The highest BCUT2D eigenvalue weighted by Crippen LogP contribution is 2.12. The number of allylic oxidation sites excluding steroid dienone is 12. The molecule has 6 heteroatoms. The van der Waals surface area contributed by atoms with Crippen LogP contribution in [-0.4, -0.2) is 37.2 Å². The minimum atomic E-state index is -0.793. The molecule has 0 radical (unpaired) electrons. The molecule has 0 fully saturated rings. The van der Waals surface area contributed by atoms with Crippen LogP contribution in [0.25, 0.3) is 0 Å². The van der Waals surface area contributed by atoms with Crippen molar-refractivity contribution in [3.63, 3.8) is 0 Å². The number of ether oxygens (including phenoxy) is 3. The van der Waals surface area contributed by atoms with Crippen molar-refractivity contribution in [2.75, 3.05) is 13.2 Å². The number of carbonyl (C=O) groups is 3. The van der Waals surface area contributed by atoms with E-state index in [2.05, 4.69) is 93.7 Å². The van der Waals surface area contributed by atoms with Crippen LogP contribution in [-0.2, 0) is 28.6 Å². The molecule has 0 spiro atoms. The molecule has 0 aromatic rings. The first-order valence-corrected chi connectivity index (χ1v) is 21.9. The lowest BCUT2D eigenvalue weighted by atomic mass is 10.1. The Balaban J connectivity index is 4.45. The third-order valence-electron chi connectivity index (χ3n) is 8.93. The van der Waals surface area contributed by atoms with Gasteiger partial charge in [-0.05, 0) is 96.3 Å². The molecule has 0 bridgehead atoms. The lowest BCUT2D eigenvalue weighted by Crippen LogP contribution is -2.30. The van der Waals surface area contributed by atoms with E-state index < -0.39 is 6.10 Å². The second-order valence-corrected chi connectivity index (χ2v) is 14.2. The van der Waals surface area contributed by atoms with Crippen LogP contribution in [0.2, 0.25) is 0 Å². The molecule has 0 amide bonds. The largest absolute Gasteiger partial charge is 0.462 e. The predicted octanol–water partition coefficient (Wildman–Crippen LogP) is 13.9. The van der Waals surface area contributed by atoms with Gasteiger partial charge in [0, 0.05) is 19.3 Å². The molecule has 308 valence electrons. The molecule has 0 saturated heterocycles. The van der Waals surface area contributed by atoms with Crippen molar-refractivity contribution in [3.8, 4) is 0 Å². The zero-order chi connectivity index (χ0) is 39.4. The van der Waals surface area contributed by atoms with Crippen LogP contribution in [0.3, 0.4) is 0 Å². The topological polar surface area (TPSA) is 78.9 Å². The summed E-state index contributed by atoms with van der Waals surface area (Å²) in [7, 11) is 0. The van der Waals surface area contributed by atoms with Crippen molar-refractivity contribution in [2.45, 2.75) is 200 Å². The standard InChI is InChI=1S/C48H80O6/c1-4-7-10-13-16-19-22-24-25-27-29-32-35-38-41-47(50)53-44-45(43-52-46(49)40-37-34-31-28-21-18-15-12-9-6-3)54-48(51)42-39-36-33-30-26-23-20-17-14-11-8-5-2/h7-8,10-11,15-20,24-25,45H,4-6,9,12-14,21-23,26-44H2,1-3H3/b10-7-,11-8-,18-15-,19-16-,20-17-,25-24-. The maximum absolute atomic E-state index is 12.7. The lowest BCUT2D eigenvalue weighted by molar-refractivity contribution is -0.167. The maximum Gasteiger partial charge on any atom is 0.306 e. The van der Waals surface area contributed by atoms with Crippen LogP contribution in [0.4, 0.5) is 0 Å². The summed E-state index contributed by atoms with van der Waals surface area (Å²) in [6.07, 6.45) is 51.7. The Morgan fingerprint density at radius 1 is 0.389 bits per heavy atom. The van der Waals surface area contributed by atoms with Crippen molar-refractivity contribution in [2.24, 2.45) is 0 Å². The van der Waals surface area contributed by atoms with Crippen LogP contribution >= 0.6 is 0 Å². The van der Waals surface area contributed by atoms with E-state index in [1.807, 2.05) is 0 Å². The quantitative estimate of drug-likeness (QED) is 0.0270. The third kappa shape index (κ3) is 40.0. The van der Waals surface area contributed by atoms with Gasteiger partial charge in [-0.25, -0.2) is 0 Å². The van der Waals surface area contributed by atoms with Gasteiger partial charge in [0.2, 0.25) is 0 Å².